The molecule has 0 aliphatic carbocycles. The minimum atomic E-state index is -3.79. The maximum atomic E-state index is 12.1. The first-order valence-electron chi connectivity index (χ1n) is 5.64. The molecule has 6 nitrogen and oxygen atoms in total. The van der Waals surface area contributed by atoms with Gasteiger partial charge in [-0.25, -0.2) is 13.2 Å². The van der Waals surface area contributed by atoms with Crippen LogP contribution in [0.4, 0.5) is 5.69 Å². The fraction of sp³-hybridized carbons (Fsp3) is 0. The number of aromatic carboxylic acids is 1. The van der Waals surface area contributed by atoms with Crippen LogP contribution in [0.5, 0.6) is 5.75 Å². The van der Waals surface area contributed by atoms with E-state index in [0.717, 1.165) is 15.7 Å². The maximum absolute atomic E-state index is 12.1. The molecule has 8 heteroatoms. The Morgan fingerprint density at radius 2 is 1.71 bits per heavy atom. The molecule has 0 spiro atoms. The zero-order chi connectivity index (χ0) is 15.6. The molecule has 0 bridgehead atoms. The lowest BCUT2D eigenvalue weighted by molar-refractivity contribution is 0.0694. The summed E-state index contributed by atoms with van der Waals surface area (Å²) in [5, 5.41) is 18.3. The quantitative estimate of drug-likeness (QED) is 0.661. The summed E-state index contributed by atoms with van der Waals surface area (Å²) in [5.41, 5.74) is -0.219. The number of anilines is 1. The van der Waals surface area contributed by atoms with Gasteiger partial charge in [-0.05, 0) is 59.0 Å². The van der Waals surface area contributed by atoms with Gasteiger partial charge in [0.2, 0.25) is 0 Å². The van der Waals surface area contributed by atoms with E-state index in [4.69, 9.17) is 5.11 Å². The molecule has 21 heavy (non-hydrogen) atoms. The van der Waals surface area contributed by atoms with E-state index in [1.54, 1.807) is 12.1 Å². The summed E-state index contributed by atoms with van der Waals surface area (Å²) in [6, 6.07) is 9.66. The van der Waals surface area contributed by atoms with Crippen LogP contribution in [0.15, 0.2) is 47.4 Å². The summed E-state index contributed by atoms with van der Waals surface area (Å²) in [6.07, 6.45) is 0. The predicted molar refractivity (Wildman–Crippen MR) is 85.0 cm³/mol. The standard InChI is InChI=1S/C13H10INO5S/c14-8-1-4-10(5-2-8)21(19,20)15-9-3-6-11(13(17)18)12(16)7-9/h1-7,15-16H,(H,17,18). The van der Waals surface area contributed by atoms with Crippen LogP contribution in [0.2, 0.25) is 0 Å². The Balaban J connectivity index is 2.31. The number of hydrogen-bond donors (Lipinski definition) is 3. The topological polar surface area (TPSA) is 104 Å². The summed E-state index contributed by atoms with van der Waals surface area (Å²) in [5.74, 6) is -1.80. The van der Waals surface area contributed by atoms with Crippen molar-refractivity contribution in [3.8, 4) is 5.75 Å². The number of hydrogen-bond acceptors (Lipinski definition) is 4. The number of benzene rings is 2. The van der Waals surface area contributed by atoms with E-state index in [2.05, 4.69) is 27.3 Å². The van der Waals surface area contributed by atoms with Crippen LogP contribution >= 0.6 is 22.6 Å². The van der Waals surface area contributed by atoms with Crippen molar-refractivity contribution in [2.24, 2.45) is 0 Å². The summed E-state index contributed by atoms with van der Waals surface area (Å²) in [7, 11) is -3.79. The van der Waals surface area contributed by atoms with Gasteiger partial charge in [-0.2, -0.15) is 0 Å². The molecule has 0 atom stereocenters. The second-order valence-corrected chi connectivity index (χ2v) is 7.02. The Hall–Kier alpha value is -1.81. The van der Waals surface area contributed by atoms with Crippen LogP contribution in [-0.2, 0) is 10.0 Å². The van der Waals surface area contributed by atoms with Gasteiger partial charge in [0, 0.05) is 9.64 Å². The predicted octanol–water partition coefficient (Wildman–Crippen LogP) is 2.50. The molecule has 0 amide bonds. The third-order valence-electron chi connectivity index (χ3n) is 2.60. The SMILES string of the molecule is O=C(O)c1ccc(NS(=O)(=O)c2ccc(I)cc2)cc1O. The number of carboxylic acid groups (broad SMARTS) is 1. The molecule has 110 valence electrons. The third-order valence-corrected chi connectivity index (χ3v) is 4.72. The molecule has 0 saturated carbocycles. The molecule has 0 fully saturated rings. The van der Waals surface area contributed by atoms with Crippen molar-refractivity contribution >= 4 is 44.3 Å². The fourth-order valence-corrected chi connectivity index (χ4v) is 3.01. The molecule has 0 saturated heterocycles. The summed E-state index contributed by atoms with van der Waals surface area (Å²) < 4.78 is 27.4. The lowest BCUT2D eigenvalue weighted by Gasteiger charge is -2.09. The van der Waals surface area contributed by atoms with Gasteiger partial charge >= 0.3 is 5.97 Å². The Kier molecular flexibility index (Phi) is 4.37. The molecule has 0 aliphatic rings. The van der Waals surface area contributed by atoms with E-state index >= 15 is 0 Å². The van der Waals surface area contributed by atoms with Gasteiger partial charge in [0.25, 0.3) is 10.0 Å². The lowest BCUT2D eigenvalue weighted by Crippen LogP contribution is -2.13. The van der Waals surface area contributed by atoms with E-state index in [9.17, 15) is 18.3 Å². The number of nitrogens with one attached hydrogen (secondary N) is 1. The molecule has 2 rings (SSSR count). The van der Waals surface area contributed by atoms with Gasteiger partial charge in [0.15, 0.2) is 0 Å². The Morgan fingerprint density at radius 1 is 1.10 bits per heavy atom. The van der Waals surface area contributed by atoms with Crippen molar-refractivity contribution in [1.29, 1.82) is 0 Å². The molecule has 0 unspecified atom stereocenters. The number of aromatic hydroxyl groups is 1. The van der Waals surface area contributed by atoms with Gasteiger partial charge < -0.3 is 10.2 Å². The number of rotatable bonds is 4. The molecular formula is C13H10INO5S. The molecule has 2 aromatic carbocycles. The third kappa shape index (κ3) is 3.64. The van der Waals surface area contributed by atoms with Gasteiger partial charge in [-0.1, -0.05) is 0 Å². The minimum Gasteiger partial charge on any atom is -0.507 e. The van der Waals surface area contributed by atoms with E-state index in [1.807, 2.05) is 0 Å². The zero-order valence-electron chi connectivity index (χ0n) is 10.4. The van der Waals surface area contributed by atoms with Crippen LogP contribution in [0, 0.1) is 3.57 Å². The van der Waals surface area contributed by atoms with Crippen molar-refractivity contribution in [3.63, 3.8) is 0 Å². The van der Waals surface area contributed by atoms with E-state index in [1.165, 1.54) is 18.2 Å². The van der Waals surface area contributed by atoms with E-state index in [-0.39, 0.29) is 16.1 Å². The van der Waals surface area contributed by atoms with Gasteiger partial charge in [-0.15, -0.1) is 0 Å². The maximum Gasteiger partial charge on any atom is 0.339 e. The summed E-state index contributed by atoms with van der Waals surface area (Å²) in [4.78, 5) is 10.8. The average molecular weight is 419 g/mol. The van der Waals surface area contributed by atoms with Crippen LogP contribution in [-0.4, -0.2) is 24.6 Å². The summed E-state index contributed by atoms with van der Waals surface area (Å²) in [6.45, 7) is 0. The lowest BCUT2D eigenvalue weighted by atomic mass is 10.2. The number of sulfonamides is 1. The van der Waals surface area contributed by atoms with Crippen LogP contribution < -0.4 is 4.72 Å². The monoisotopic (exact) mass is 419 g/mol. The fourth-order valence-electron chi connectivity index (χ4n) is 1.60. The van der Waals surface area contributed by atoms with Crippen LogP contribution in [0.3, 0.4) is 0 Å². The Morgan fingerprint density at radius 3 is 2.24 bits per heavy atom. The zero-order valence-corrected chi connectivity index (χ0v) is 13.4. The van der Waals surface area contributed by atoms with Gasteiger partial charge in [0.05, 0.1) is 10.6 Å². The van der Waals surface area contributed by atoms with Gasteiger partial charge in [0.1, 0.15) is 11.3 Å². The van der Waals surface area contributed by atoms with Gasteiger partial charge in [-0.3, -0.25) is 4.72 Å². The van der Waals surface area contributed by atoms with E-state index < -0.39 is 21.7 Å². The number of carboxylic acids is 1. The van der Waals surface area contributed by atoms with Crippen molar-refractivity contribution in [2.45, 2.75) is 4.90 Å². The second kappa shape index (κ2) is 5.90. The molecule has 2 aromatic rings. The molecule has 0 radical (unpaired) electrons. The van der Waals surface area contributed by atoms with Crippen molar-refractivity contribution in [2.75, 3.05) is 4.72 Å². The molecule has 0 aliphatic heterocycles. The largest absolute Gasteiger partial charge is 0.507 e. The summed E-state index contributed by atoms with van der Waals surface area (Å²) >= 11 is 2.06. The van der Waals surface area contributed by atoms with Crippen molar-refractivity contribution in [1.82, 2.24) is 0 Å². The first kappa shape index (κ1) is 15.6. The number of phenols is 1. The number of carbonyl (C=O) groups is 1. The highest BCUT2D eigenvalue weighted by atomic mass is 127. The number of halogens is 1. The van der Waals surface area contributed by atoms with Crippen molar-refractivity contribution in [3.05, 3.63) is 51.6 Å². The van der Waals surface area contributed by atoms with Crippen LogP contribution in [0.25, 0.3) is 0 Å². The highest BCUT2D eigenvalue weighted by molar-refractivity contribution is 14.1. The van der Waals surface area contributed by atoms with Crippen molar-refractivity contribution < 1.29 is 23.4 Å². The Labute approximate surface area is 134 Å². The molecular weight excluding hydrogens is 409 g/mol. The first-order chi connectivity index (χ1) is 9.79. The van der Waals surface area contributed by atoms with E-state index in [0.29, 0.717) is 0 Å². The first-order valence-corrected chi connectivity index (χ1v) is 8.20. The highest BCUT2D eigenvalue weighted by Gasteiger charge is 2.16. The molecule has 0 aromatic heterocycles. The normalized spacial score (nSPS) is 11.1. The molecule has 0 heterocycles. The highest BCUT2D eigenvalue weighted by Crippen LogP contribution is 2.24. The smallest absolute Gasteiger partial charge is 0.339 e. The minimum absolute atomic E-state index is 0.0738. The Bertz CT molecular complexity index is 787. The molecule has 3 N–H and O–H groups in total. The van der Waals surface area contributed by atoms with Crippen LogP contribution in [0.1, 0.15) is 10.4 Å². The average Bonchev–Trinajstić information content (AvgIpc) is 2.38. The second-order valence-electron chi connectivity index (χ2n) is 4.10.